The first kappa shape index (κ1) is 18.4. The Hall–Kier alpha value is -2.41. The zero-order valence-corrected chi connectivity index (χ0v) is 15.3. The maximum atomic E-state index is 12.0. The molecule has 0 atom stereocenters. The van der Waals surface area contributed by atoms with Gasteiger partial charge in [0, 0.05) is 31.8 Å². The van der Waals surface area contributed by atoms with Crippen LogP contribution in [0.25, 0.3) is 0 Å². The molecule has 2 N–H and O–H groups in total. The molecule has 0 unspecified atom stereocenters. The zero-order chi connectivity index (χ0) is 18.4. The van der Waals surface area contributed by atoms with Crippen LogP contribution in [0, 0.1) is 0 Å². The number of rotatable bonds is 10. The molecular formula is C19H22N2O4S. The van der Waals surface area contributed by atoms with E-state index < -0.39 is 0 Å². The third-order valence-corrected chi connectivity index (χ3v) is 5.08. The summed E-state index contributed by atoms with van der Waals surface area (Å²) < 4.78 is 5.54. The fourth-order valence-corrected chi connectivity index (χ4v) is 3.24. The Morgan fingerprint density at radius 1 is 1.08 bits per heavy atom. The van der Waals surface area contributed by atoms with Gasteiger partial charge in [-0.3, -0.25) is 14.4 Å². The van der Waals surface area contributed by atoms with Crippen molar-refractivity contribution >= 4 is 28.9 Å². The zero-order valence-electron chi connectivity index (χ0n) is 14.5. The van der Waals surface area contributed by atoms with Gasteiger partial charge in [0.2, 0.25) is 5.91 Å². The normalized spacial score (nSPS) is 13.4. The minimum atomic E-state index is -0.232. The molecule has 6 nitrogen and oxygen atoms in total. The van der Waals surface area contributed by atoms with Gasteiger partial charge in [0.1, 0.15) is 5.76 Å². The molecule has 26 heavy (non-hydrogen) atoms. The standard InChI is InChI=1S/C19H22N2O4S/c22-14(17-3-1-12-26-17)6-9-18(23)20-10-2-11-21-19(24)16-8-7-15(25-16)13-4-5-13/h1,3,7-8,12-13H,2,4-6,9-11H2,(H,20,23)(H,21,24). The molecule has 1 aliphatic carbocycles. The molecule has 2 aromatic rings. The average molecular weight is 374 g/mol. The molecular weight excluding hydrogens is 352 g/mol. The molecule has 138 valence electrons. The maximum absolute atomic E-state index is 12.0. The molecule has 2 aromatic heterocycles. The molecule has 2 heterocycles. The van der Waals surface area contributed by atoms with Gasteiger partial charge in [-0.05, 0) is 42.8 Å². The first-order valence-corrected chi connectivity index (χ1v) is 9.73. The van der Waals surface area contributed by atoms with E-state index in [1.807, 2.05) is 17.5 Å². The van der Waals surface area contributed by atoms with Gasteiger partial charge >= 0.3 is 0 Å². The first-order chi connectivity index (χ1) is 12.6. The van der Waals surface area contributed by atoms with Crippen LogP contribution in [0.5, 0.6) is 0 Å². The summed E-state index contributed by atoms with van der Waals surface area (Å²) in [6, 6.07) is 7.15. The van der Waals surface area contributed by atoms with Crippen molar-refractivity contribution in [2.24, 2.45) is 0 Å². The smallest absolute Gasteiger partial charge is 0.286 e. The van der Waals surface area contributed by atoms with Crippen molar-refractivity contribution in [2.45, 2.75) is 38.0 Å². The predicted molar refractivity (Wildman–Crippen MR) is 98.5 cm³/mol. The van der Waals surface area contributed by atoms with Crippen molar-refractivity contribution in [1.82, 2.24) is 10.6 Å². The summed E-state index contributed by atoms with van der Waals surface area (Å²) in [4.78, 5) is 36.2. The summed E-state index contributed by atoms with van der Waals surface area (Å²) in [7, 11) is 0. The third kappa shape index (κ3) is 5.29. The van der Waals surface area contributed by atoms with E-state index in [0.29, 0.717) is 36.1 Å². The molecule has 7 heteroatoms. The number of Topliss-reactive ketones (excluding diaryl/α,β-unsaturated/α-hetero) is 1. The van der Waals surface area contributed by atoms with Gasteiger partial charge in [0.05, 0.1) is 4.88 Å². The number of amides is 2. The van der Waals surface area contributed by atoms with Crippen LogP contribution in [0.15, 0.2) is 34.1 Å². The Morgan fingerprint density at radius 3 is 2.62 bits per heavy atom. The number of furan rings is 1. The predicted octanol–water partition coefficient (Wildman–Crippen LogP) is 3.12. The Balaban J connectivity index is 1.25. The molecule has 1 aliphatic rings. The molecule has 1 saturated carbocycles. The number of thiophene rings is 1. The molecule has 0 saturated heterocycles. The lowest BCUT2D eigenvalue weighted by Crippen LogP contribution is -2.29. The molecule has 0 radical (unpaired) electrons. The Bertz CT molecular complexity index is 762. The van der Waals surface area contributed by atoms with Crippen molar-refractivity contribution in [2.75, 3.05) is 13.1 Å². The first-order valence-electron chi connectivity index (χ1n) is 8.85. The van der Waals surface area contributed by atoms with E-state index >= 15 is 0 Å². The van der Waals surface area contributed by atoms with E-state index in [0.717, 1.165) is 18.6 Å². The molecule has 0 aromatic carbocycles. The van der Waals surface area contributed by atoms with E-state index in [-0.39, 0.29) is 30.4 Å². The van der Waals surface area contributed by atoms with Crippen LogP contribution in [0.1, 0.15) is 64.0 Å². The van der Waals surface area contributed by atoms with Gasteiger partial charge in [0.15, 0.2) is 11.5 Å². The van der Waals surface area contributed by atoms with Gasteiger partial charge in [0.25, 0.3) is 5.91 Å². The van der Waals surface area contributed by atoms with Gasteiger partial charge in [-0.15, -0.1) is 11.3 Å². The highest BCUT2D eigenvalue weighted by Gasteiger charge is 2.27. The van der Waals surface area contributed by atoms with E-state index in [2.05, 4.69) is 10.6 Å². The van der Waals surface area contributed by atoms with Gasteiger partial charge < -0.3 is 15.1 Å². The van der Waals surface area contributed by atoms with E-state index in [1.165, 1.54) is 11.3 Å². The highest BCUT2D eigenvalue weighted by atomic mass is 32.1. The number of carbonyl (C=O) groups excluding carboxylic acids is 3. The van der Waals surface area contributed by atoms with Gasteiger partial charge in [-0.25, -0.2) is 0 Å². The van der Waals surface area contributed by atoms with Gasteiger partial charge in [-0.2, -0.15) is 0 Å². The second kappa shape index (κ2) is 8.80. The summed E-state index contributed by atoms with van der Waals surface area (Å²) in [5.41, 5.74) is 0. The summed E-state index contributed by atoms with van der Waals surface area (Å²) in [6.45, 7) is 0.907. The lowest BCUT2D eigenvalue weighted by atomic mass is 10.2. The number of carbonyl (C=O) groups is 3. The maximum Gasteiger partial charge on any atom is 0.286 e. The molecule has 0 aliphatic heterocycles. The van der Waals surface area contributed by atoms with Crippen molar-refractivity contribution in [3.8, 4) is 0 Å². The van der Waals surface area contributed by atoms with E-state index in [1.54, 1.807) is 12.1 Å². The van der Waals surface area contributed by atoms with E-state index in [9.17, 15) is 14.4 Å². The van der Waals surface area contributed by atoms with Crippen LogP contribution < -0.4 is 10.6 Å². The minimum Gasteiger partial charge on any atom is -0.456 e. The average Bonchev–Trinajstić information content (AvgIpc) is 3.14. The second-order valence-electron chi connectivity index (χ2n) is 6.34. The fraction of sp³-hybridized carbons (Fsp3) is 0.421. The molecule has 1 fully saturated rings. The summed E-state index contributed by atoms with van der Waals surface area (Å²) in [6.07, 6.45) is 3.28. The lowest BCUT2D eigenvalue weighted by Gasteiger charge is -2.06. The number of hydrogen-bond acceptors (Lipinski definition) is 5. The van der Waals surface area contributed by atoms with Crippen molar-refractivity contribution < 1.29 is 18.8 Å². The van der Waals surface area contributed by atoms with Crippen LogP contribution in [0.2, 0.25) is 0 Å². The quantitative estimate of drug-likeness (QED) is 0.494. The van der Waals surface area contributed by atoms with Gasteiger partial charge in [-0.1, -0.05) is 6.07 Å². The van der Waals surface area contributed by atoms with Crippen molar-refractivity contribution in [1.29, 1.82) is 0 Å². The summed E-state index contributed by atoms with van der Waals surface area (Å²) in [5, 5.41) is 7.38. The number of ketones is 1. The largest absolute Gasteiger partial charge is 0.456 e. The monoisotopic (exact) mass is 374 g/mol. The number of nitrogens with one attached hydrogen (secondary N) is 2. The van der Waals surface area contributed by atoms with Crippen LogP contribution >= 0.6 is 11.3 Å². The van der Waals surface area contributed by atoms with Crippen LogP contribution in [0.3, 0.4) is 0 Å². The second-order valence-corrected chi connectivity index (χ2v) is 7.28. The van der Waals surface area contributed by atoms with Crippen molar-refractivity contribution in [3.05, 3.63) is 46.0 Å². The summed E-state index contributed by atoms with van der Waals surface area (Å²) >= 11 is 1.39. The SMILES string of the molecule is O=C(CCC(=O)c1cccs1)NCCCNC(=O)c1ccc(C2CC2)o1. The Labute approximate surface area is 156 Å². The Morgan fingerprint density at radius 2 is 1.88 bits per heavy atom. The topological polar surface area (TPSA) is 88.4 Å². The van der Waals surface area contributed by atoms with Crippen molar-refractivity contribution in [3.63, 3.8) is 0 Å². The third-order valence-electron chi connectivity index (χ3n) is 4.17. The lowest BCUT2D eigenvalue weighted by molar-refractivity contribution is -0.121. The fourth-order valence-electron chi connectivity index (χ4n) is 2.54. The Kier molecular flexibility index (Phi) is 6.22. The highest BCUT2D eigenvalue weighted by Crippen LogP contribution is 2.40. The van der Waals surface area contributed by atoms with Crippen LogP contribution in [-0.4, -0.2) is 30.7 Å². The molecule has 2 amide bonds. The van der Waals surface area contributed by atoms with E-state index in [4.69, 9.17) is 4.42 Å². The van der Waals surface area contributed by atoms with Crippen LogP contribution in [-0.2, 0) is 4.79 Å². The molecule has 0 bridgehead atoms. The molecule has 3 rings (SSSR count). The number of hydrogen-bond donors (Lipinski definition) is 2. The minimum absolute atomic E-state index is 0.00794. The molecule has 0 spiro atoms. The summed E-state index contributed by atoms with van der Waals surface area (Å²) in [5.74, 6) is 1.32. The van der Waals surface area contributed by atoms with Crippen LogP contribution in [0.4, 0.5) is 0 Å². The highest BCUT2D eigenvalue weighted by molar-refractivity contribution is 7.12.